The number of hydrogen-bond donors (Lipinski definition) is 1. The smallest absolute Gasteiger partial charge is 0.257 e. The van der Waals surface area contributed by atoms with Crippen molar-refractivity contribution in [1.29, 1.82) is 0 Å². The summed E-state index contributed by atoms with van der Waals surface area (Å²) in [6.07, 6.45) is 3.41. The molecule has 1 aliphatic rings. The lowest BCUT2D eigenvalue weighted by molar-refractivity contribution is 0.0733. The molecule has 1 atom stereocenters. The molecule has 124 valence electrons. The first-order valence-corrected chi connectivity index (χ1v) is 7.46. The molecule has 1 saturated heterocycles. The highest BCUT2D eigenvalue weighted by Crippen LogP contribution is 2.37. The second-order valence-corrected chi connectivity index (χ2v) is 5.40. The highest BCUT2D eigenvalue weighted by molar-refractivity contribution is 5.94. The SMILES string of the molecule is COc1ccccc1C1CCCN1C(=O)c1coc(CN)c1.Cl. The lowest BCUT2D eigenvalue weighted by Gasteiger charge is -2.25. The van der Waals surface area contributed by atoms with Crippen molar-refractivity contribution in [3.05, 3.63) is 53.5 Å². The summed E-state index contributed by atoms with van der Waals surface area (Å²) in [7, 11) is 1.66. The molecule has 2 aromatic rings. The molecule has 0 bridgehead atoms. The third-order valence-electron chi connectivity index (χ3n) is 4.11. The van der Waals surface area contributed by atoms with Crippen LogP contribution in [0.15, 0.2) is 41.0 Å². The van der Waals surface area contributed by atoms with Crippen LogP contribution in [-0.4, -0.2) is 24.5 Å². The van der Waals surface area contributed by atoms with Gasteiger partial charge in [-0.1, -0.05) is 18.2 Å². The highest BCUT2D eigenvalue weighted by atomic mass is 35.5. The van der Waals surface area contributed by atoms with Crippen LogP contribution in [0.3, 0.4) is 0 Å². The fourth-order valence-corrected chi connectivity index (χ4v) is 3.04. The first kappa shape index (κ1) is 17.4. The van der Waals surface area contributed by atoms with Crippen molar-refractivity contribution in [3.8, 4) is 5.75 Å². The van der Waals surface area contributed by atoms with Crippen molar-refractivity contribution in [2.75, 3.05) is 13.7 Å². The van der Waals surface area contributed by atoms with Gasteiger partial charge in [0.2, 0.25) is 0 Å². The Morgan fingerprint density at radius 2 is 2.22 bits per heavy atom. The second-order valence-electron chi connectivity index (χ2n) is 5.40. The van der Waals surface area contributed by atoms with Crippen LogP contribution in [0.1, 0.15) is 40.6 Å². The van der Waals surface area contributed by atoms with Crippen LogP contribution in [-0.2, 0) is 6.54 Å². The number of ether oxygens (including phenoxy) is 1. The molecule has 5 nitrogen and oxygen atoms in total. The van der Waals surface area contributed by atoms with Crippen molar-refractivity contribution >= 4 is 18.3 Å². The Bertz CT molecular complexity index is 671. The molecule has 2 heterocycles. The Labute approximate surface area is 141 Å². The normalized spacial score (nSPS) is 17.0. The van der Waals surface area contributed by atoms with Gasteiger partial charge in [-0.3, -0.25) is 4.79 Å². The molecule has 6 heteroatoms. The summed E-state index contributed by atoms with van der Waals surface area (Å²) in [4.78, 5) is 14.6. The number of para-hydroxylation sites is 1. The quantitative estimate of drug-likeness (QED) is 0.931. The standard InChI is InChI=1S/C17H20N2O3.ClH/c1-21-16-7-3-2-5-14(16)15-6-4-8-19(15)17(20)12-9-13(10-18)22-11-12;/h2-3,5,7,9,11,15H,4,6,8,10,18H2,1H3;1H. The summed E-state index contributed by atoms with van der Waals surface area (Å²) < 4.78 is 10.7. The molecule has 1 aromatic heterocycles. The van der Waals surface area contributed by atoms with Gasteiger partial charge >= 0.3 is 0 Å². The van der Waals surface area contributed by atoms with E-state index in [0.29, 0.717) is 17.9 Å². The molecular weight excluding hydrogens is 316 g/mol. The number of halogens is 1. The Hall–Kier alpha value is -1.98. The Kier molecular flexibility index (Phi) is 5.69. The number of nitrogens with zero attached hydrogens (tertiary/aromatic N) is 1. The van der Waals surface area contributed by atoms with Crippen LogP contribution in [0.2, 0.25) is 0 Å². The molecule has 1 aromatic carbocycles. The summed E-state index contributed by atoms with van der Waals surface area (Å²) in [5, 5.41) is 0. The number of methoxy groups -OCH3 is 1. The van der Waals surface area contributed by atoms with E-state index in [9.17, 15) is 4.79 Å². The van der Waals surface area contributed by atoms with Crippen molar-refractivity contribution in [3.63, 3.8) is 0 Å². The van der Waals surface area contributed by atoms with Crippen LogP contribution in [0.5, 0.6) is 5.75 Å². The molecule has 0 aliphatic carbocycles. The van der Waals surface area contributed by atoms with Gasteiger partial charge in [0, 0.05) is 12.1 Å². The molecule has 0 saturated carbocycles. The molecular formula is C17H21ClN2O3. The highest BCUT2D eigenvalue weighted by Gasteiger charge is 2.32. The van der Waals surface area contributed by atoms with Gasteiger partial charge < -0.3 is 19.8 Å². The first-order valence-electron chi connectivity index (χ1n) is 7.46. The Morgan fingerprint density at radius 3 is 2.91 bits per heavy atom. The van der Waals surface area contributed by atoms with E-state index in [1.165, 1.54) is 6.26 Å². The van der Waals surface area contributed by atoms with Crippen LogP contribution < -0.4 is 10.5 Å². The van der Waals surface area contributed by atoms with E-state index >= 15 is 0 Å². The summed E-state index contributed by atoms with van der Waals surface area (Å²) in [6.45, 7) is 1.04. The van der Waals surface area contributed by atoms with E-state index in [1.807, 2.05) is 29.2 Å². The van der Waals surface area contributed by atoms with Gasteiger partial charge in [0.15, 0.2) is 0 Å². The van der Waals surface area contributed by atoms with Gasteiger partial charge in [0.05, 0.1) is 25.3 Å². The Morgan fingerprint density at radius 1 is 1.43 bits per heavy atom. The minimum Gasteiger partial charge on any atom is -0.496 e. The van der Waals surface area contributed by atoms with Gasteiger partial charge in [-0.15, -0.1) is 12.4 Å². The fourth-order valence-electron chi connectivity index (χ4n) is 3.04. The van der Waals surface area contributed by atoms with Gasteiger partial charge in [-0.2, -0.15) is 0 Å². The number of hydrogen-bond acceptors (Lipinski definition) is 4. The largest absolute Gasteiger partial charge is 0.496 e. The average Bonchev–Trinajstić information content (AvgIpc) is 3.23. The summed E-state index contributed by atoms with van der Waals surface area (Å²) >= 11 is 0. The summed E-state index contributed by atoms with van der Waals surface area (Å²) in [6, 6.07) is 9.63. The number of likely N-dealkylation sites (tertiary alicyclic amines) is 1. The summed E-state index contributed by atoms with van der Waals surface area (Å²) in [5.74, 6) is 1.43. The molecule has 0 spiro atoms. The third-order valence-corrected chi connectivity index (χ3v) is 4.11. The lowest BCUT2D eigenvalue weighted by atomic mass is 10.0. The van der Waals surface area contributed by atoms with E-state index in [1.54, 1.807) is 13.2 Å². The molecule has 1 unspecified atom stereocenters. The molecule has 2 N–H and O–H groups in total. The van der Waals surface area contributed by atoms with E-state index in [-0.39, 0.29) is 24.4 Å². The van der Waals surface area contributed by atoms with E-state index in [0.717, 1.165) is 30.7 Å². The zero-order valence-corrected chi connectivity index (χ0v) is 13.8. The molecule has 3 rings (SSSR count). The fraction of sp³-hybridized carbons (Fsp3) is 0.353. The predicted molar refractivity (Wildman–Crippen MR) is 89.9 cm³/mol. The zero-order valence-electron chi connectivity index (χ0n) is 13.0. The topological polar surface area (TPSA) is 68.7 Å². The van der Waals surface area contributed by atoms with E-state index < -0.39 is 0 Å². The number of carbonyl (C=O) groups is 1. The zero-order chi connectivity index (χ0) is 15.5. The van der Waals surface area contributed by atoms with Crippen molar-refractivity contribution in [1.82, 2.24) is 4.90 Å². The van der Waals surface area contributed by atoms with Crippen LogP contribution in [0.25, 0.3) is 0 Å². The molecule has 0 radical (unpaired) electrons. The number of rotatable bonds is 4. The average molecular weight is 337 g/mol. The number of furan rings is 1. The molecule has 1 fully saturated rings. The second kappa shape index (κ2) is 7.53. The maximum Gasteiger partial charge on any atom is 0.257 e. The number of amides is 1. The molecule has 23 heavy (non-hydrogen) atoms. The minimum atomic E-state index is -0.0168. The summed E-state index contributed by atoms with van der Waals surface area (Å²) in [5.41, 5.74) is 7.15. The third kappa shape index (κ3) is 3.35. The van der Waals surface area contributed by atoms with Crippen LogP contribution >= 0.6 is 12.4 Å². The molecule has 1 aliphatic heterocycles. The first-order chi connectivity index (χ1) is 10.7. The van der Waals surface area contributed by atoms with E-state index in [4.69, 9.17) is 14.9 Å². The predicted octanol–water partition coefficient (Wildman–Crippen LogP) is 3.15. The van der Waals surface area contributed by atoms with Gasteiger partial charge in [0.25, 0.3) is 5.91 Å². The van der Waals surface area contributed by atoms with Crippen molar-refractivity contribution < 1.29 is 13.9 Å². The number of benzene rings is 1. The van der Waals surface area contributed by atoms with Crippen LogP contribution in [0, 0.1) is 0 Å². The van der Waals surface area contributed by atoms with Gasteiger partial charge in [0.1, 0.15) is 17.8 Å². The maximum atomic E-state index is 12.7. The van der Waals surface area contributed by atoms with Crippen molar-refractivity contribution in [2.45, 2.75) is 25.4 Å². The van der Waals surface area contributed by atoms with Crippen molar-refractivity contribution in [2.24, 2.45) is 5.73 Å². The maximum absolute atomic E-state index is 12.7. The monoisotopic (exact) mass is 336 g/mol. The number of carbonyl (C=O) groups excluding carboxylic acids is 1. The van der Waals surface area contributed by atoms with E-state index in [2.05, 4.69) is 0 Å². The lowest BCUT2D eigenvalue weighted by Crippen LogP contribution is -2.30. The van der Waals surface area contributed by atoms with Gasteiger partial charge in [-0.25, -0.2) is 0 Å². The Balaban J connectivity index is 0.00000192. The van der Waals surface area contributed by atoms with Crippen LogP contribution in [0.4, 0.5) is 0 Å². The number of nitrogens with two attached hydrogens (primary N) is 1. The van der Waals surface area contributed by atoms with Gasteiger partial charge in [-0.05, 0) is 25.0 Å². The molecule has 1 amide bonds. The minimum absolute atomic E-state index is 0.